The van der Waals surface area contributed by atoms with E-state index in [1.165, 1.54) is 13.0 Å². The van der Waals surface area contributed by atoms with Gasteiger partial charge in [0.25, 0.3) is 5.91 Å². The molecule has 26 heavy (non-hydrogen) atoms. The first-order valence-corrected chi connectivity index (χ1v) is 9.22. The number of amides is 1. The Kier molecular flexibility index (Phi) is 7.29. The second kappa shape index (κ2) is 9.68. The predicted octanol–water partition coefficient (Wildman–Crippen LogP) is 4.00. The molecule has 0 saturated carbocycles. The third kappa shape index (κ3) is 5.97. The van der Waals surface area contributed by atoms with E-state index in [1.807, 2.05) is 30.5 Å². The zero-order valence-corrected chi connectivity index (χ0v) is 15.7. The van der Waals surface area contributed by atoms with E-state index in [9.17, 15) is 9.59 Å². The zero-order valence-electron chi connectivity index (χ0n) is 14.9. The molecule has 0 radical (unpaired) electrons. The van der Waals surface area contributed by atoms with E-state index >= 15 is 0 Å². The van der Waals surface area contributed by atoms with Crippen molar-refractivity contribution in [2.75, 3.05) is 18.7 Å². The summed E-state index contributed by atoms with van der Waals surface area (Å²) in [6.45, 7) is 1.52. The van der Waals surface area contributed by atoms with Gasteiger partial charge in [-0.3, -0.25) is 4.79 Å². The van der Waals surface area contributed by atoms with E-state index in [1.54, 1.807) is 49.2 Å². The van der Waals surface area contributed by atoms with Gasteiger partial charge < -0.3 is 14.8 Å². The maximum atomic E-state index is 12.1. The third-order valence-corrected chi connectivity index (χ3v) is 4.27. The molecule has 1 N–H and O–H groups in total. The van der Waals surface area contributed by atoms with Gasteiger partial charge in [0, 0.05) is 22.7 Å². The SMILES string of the molecule is COc1cccc(NC(=O)[C@H](C)OC(=O)/C=C/c2ccc(SC)cc2)c1. The average molecular weight is 371 g/mol. The van der Waals surface area contributed by atoms with E-state index in [-0.39, 0.29) is 0 Å². The number of anilines is 1. The molecule has 0 unspecified atom stereocenters. The molecule has 136 valence electrons. The van der Waals surface area contributed by atoms with Crippen molar-refractivity contribution >= 4 is 35.4 Å². The molecule has 5 nitrogen and oxygen atoms in total. The first kappa shape index (κ1) is 19.6. The Hall–Kier alpha value is -2.73. The Labute approximate surface area is 157 Å². The number of methoxy groups -OCH3 is 1. The summed E-state index contributed by atoms with van der Waals surface area (Å²) in [6, 6.07) is 14.7. The molecule has 0 heterocycles. The van der Waals surface area contributed by atoms with Crippen LogP contribution in [0.3, 0.4) is 0 Å². The van der Waals surface area contributed by atoms with Gasteiger partial charge in [-0.05, 0) is 49.1 Å². The Balaban J connectivity index is 1.88. The second-order valence-corrected chi connectivity index (χ2v) is 6.29. The first-order chi connectivity index (χ1) is 12.5. The summed E-state index contributed by atoms with van der Waals surface area (Å²) in [5.41, 5.74) is 1.45. The number of hydrogen-bond acceptors (Lipinski definition) is 5. The number of ether oxygens (including phenoxy) is 2. The number of benzene rings is 2. The van der Waals surface area contributed by atoms with Gasteiger partial charge in [-0.25, -0.2) is 4.79 Å². The minimum Gasteiger partial charge on any atom is -0.497 e. The van der Waals surface area contributed by atoms with Crippen LogP contribution in [0.4, 0.5) is 5.69 Å². The van der Waals surface area contributed by atoms with Crippen LogP contribution in [-0.4, -0.2) is 31.3 Å². The fourth-order valence-corrected chi connectivity index (χ4v) is 2.50. The molecule has 0 bridgehead atoms. The Morgan fingerprint density at radius 2 is 1.88 bits per heavy atom. The molecule has 1 amide bonds. The van der Waals surface area contributed by atoms with Crippen LogP contribution in [0.5, 0.6) is 5.75 Å². The van der Waals surface area contributed by atoms with Crippen LogP contribution in [0.1, 0.15) is 12.5 Å². The Morgan fingerprint density at radius 3 is 2.54 bits per heavy atom. The van der Waals surface area contributed by atoms with Crippen LogP contribution in [0.15, 0.2) is 59.5 Å². The predicted molar refractivity (Wildman–Crippen MR) is 104 cm³/mol. The van der Waals surface area contributed by atoms with E-state index in [2.05, 4.69) is 5.32 Å². The highest BCUT2D eigenvalue weighted by Gasteiger charge is 2.16. The van der Waals surface area contributed by atoms with Crippen molar-refractivity contribution in [1.82, 2.24) is 0 Å². The lowest BCUT2D eigenvalue weighted by Crippen LogP contribution is -2.29. The van der Waals surface area contributed by atoms with Crippen molar-refractivity contribution in [3.05, 3.63) is 60.2 Å². The van der Waals surface area contributed by atoms with Gasteiger partial charge in [0.2, 0.25) is 0 Å². The van der Waals surface area contributed by atoms with Gasteiger partial charge in [0.1, 0.15) is 5.75 Å². The summed E-state index contributed by atoms with van der Waals surface area (Å²) in [7, 11) is 1.55. The lowest BCUT2D eigenvalue weighted by molar-refractivity contribution is -0.148. The van der Waals surface area contributed by atoms with Crippen LogP contribution >= 0.6 is 11.8 Å². The summed E-state index contributed by atoms with van der Waals surface area (Å²) < 4.78 is 10.2. The van der Waals surface area contributed by atoms with Crippen molar-refractivity contribution in [2.45, 2.75) is 17.9 Å². The highest BCUT2D eigenvalue weighted by atomic mass is 32.2. The monoisotopic (exact) mass is 371 g/mol. The van der Waals surface area contributed by atoms with Gasteiger partial charge in [0.15, 0.2) is 6.10 Å². The summed E-state index contributed by atoms with van der Waals surface area (Å²) >= 11 is 1.65. The molecule has 0 saturated heterocycles. The summed E-state index contributed by atoms with van der Waals surface area (Å²) in [5.74, 6) is -0.362. The standard InChI is InChI=1S/C20H21NO4S/c1-14(20(23)21-16-5-4-6-17(13-16)24-2)25-19(22)12-9-15-7-10-18(26-3)11-8-15/h4-14H,1-3H3,(H,21,23)/b12-9+/t14-/m0/s1. The van der Waals surface area contributed by atoms with E-state index in [4.69, 9.17) is 9.47 Å². The highest BCUT2D eigenvalue weighted by Crippen LogP contribution is 2.17. The lowest BCUT2D eigenvalue weighted by atomic mass is 10.2. The number of thioether (sulfide) groups is 1. The fourth-order valence-electron chi connectivity index (χ4n) is 2.09. The van der Waals surface area contributed by atoms with E-state index in [0.717, 1.165) is 10.5 Å². The quantitative estimate of drug-likeness (QED) is 0.453. The molecule has 0 aliphatic heterocycles. The molecule has 2 aromatic rings. The molecular formula is C20H21NO4S. The van der Waals surface area contributed by atoms with Crippen LogP contribution in [0.25, 0.3) is 6.08 Å². The largest absolute Gasteiger partial charge is 0.497 e. The van der Waals surface area contributed by atoms with Crippen molar-refractivity contribution in [2.24, 2.45) is 0 Å². The normalized spacial score (nSPS) is 11.8. The van der Waals surface area contributed by atoms with E-state index < -0.39 is 18.0 Å². The van der Waals surface area contributed by atoms with Gasteiger partial charge >= 0.3 is 5.97 Å². The molecule has 0 aliphatic carbocycles. The molecule has 1 atom stereocenters. The van der Waals surface area contributed by atoms with Crippen molar-refractivity contribution in [1.29, 1.82) is 0 Å². The van der Waals surface area contributed by atoms with Gasteiger partial charge in [-0.1, -0.05) is 18.2 Å². The summed E-state index contributed by atoms with van der Waals surface area (Å²) in [5, 5.41) is 2.69. The summed E-state index contributed by atoms with van der Waals surface area (Å²) in [6.07, 6.45) is 4.04. The number of rotatable bonds is 7. The lowest BCUT2D eigenvalue weighted by Gasteiger charge is -2.13. The topological polar surface area (TPSA) is 64.6 Å². The van der Waals surface area contributed by atoms with Crippen molar-refractivity contribution < 1.29 is 19.1 Å². The molecule has 0 aromatic heterocycles. The second-order valence-electron chi connectivity index (χ2n) is 5.41. The average Bonchev–Trinajstić information content (AvgIpc) is 2.66. The Morgan fingerprint density at radius 1 is 1.15 bits per heavy atom. The Bertz CT molecular complexity index is 787. The molecule has 0 spiro atoms. The van der Waals surface area contributed by atoms with Crippen LogP contribution in [0, 0.1) is 0 Å². The molecule has 6 heteroatoms. The van der Waals surface area contributed by atoms with Crippen LogP contribution in [0.2, 0.25) is 0 Å². The smallest absolute Gasteiger partial charge is 0.331 e. The number of carbonyl (C=O) groups excluding carboxylic acids is 2. The number of hydrogen-bond donors (Lipinski definition) is 1. The van der Waals surface area contributed by atoms with Crippen LogP contribution < -0.4 is 10.1 Å². The van der Waals surface area contributed by atoms with Gasteiger partial charge in [-0.15, -0.1) is 11.8 Å². The fraction of sp³-hybridized carbons (Fsp3) is 0.200. The minimum atomic E-state index is -0.919. The molecule has 2 rings (SSSR count). The molecule has 0 fully saturated rings. The number of nitrogens with one attached hydrogen (secondary N) is 1. The third-order valence-electron chi connectivity index (χ3n) is 3.53. The van der Waals surface area contributed by atoms with Crippen molar-refractivity contribution in [3.63, 3.8) is 0 Å². The molecular weight excluding hydrogens is 350 g/mol. The maximum Gasteiger partial charge on any atom is 0.331 e. The van der Waals surface area contributed by atoms with Gasteiger partial charge in [0.05, 0.1) is 7.11 Å². The van der Waals surface area contributed by atoms with Crippen molar-refractivity contribution in [3.8, 4) is 5.75 Å². The molecule has 0 aliphatic rings. The van der Waals surface area contributed by atoms with E-state index in [0.29, 0.717) is 11.4 Å². The maximum absolute atomic E-state index is 12.1. The minimum absolute atomic E-state index is 0.413. The van der Waals surface area contributed by atoms with Crippen LogP contribution in [-0.2, 0) is 14.3 Å². The number of esters is 1. The molecule has 2 aromatic carbocycles. The summed E-state index contributed by atoms with van der Waals surface area (Å²) in [4.78, 5) is 25.2. The highest BCUT2D eigenvalue weighted by molar-refractivity contribution is 7.98. The van der Waals surface area contributed by atoms with Gasteiger partial charge in [-0.2, -0.15) is 0 Å². The zero-order chi connectivity index (χ0) is 18.9. The first-order valence-electron chi connectivity index (χ1n) is 7.99. The number of carbonyl (C=O) groups is 2.